The minimum Gasteiger partial charge on any atom is -0.366 e. The molecular formula is C12H15Cl2N3O2. The molecule has 1 aromatic rings. The minimum absolute atomic E-state index is 0. The minimum atomic E-state index is -0.612. The summed E-state index contributed by atoms with van der Waals surface area (Å²) in [6.07, 6.45) is 0.822. The van der Waals surface area contributed by atoms with Crippen LogP contribution < -0.4 is 16.4 Å². The van der Waals surface area contributed by atoms with E-state index in [9.17, 15) is 9.59 Å². The number of rotatable bonds is 3. The quantitative estimate of drug-likeness (QED) is 0.789. The lowest BCUT2D eigenvalue weighted by Gasteiger charge is -2.11. The van der Waals surface area contributed by atoms with Crippen molar-refractivity contribution in [3.63, 3.8) is 0 Å². The van der Waals surface area contributed by atoms with Crippen molar-refractivity contribution in [2.75, 3.05) is 18.4 Å². The zero-order valence-electron chi connectivity index (χ0n) is 10.1. The van der Waals surface area contributed by atoms with E-state index in [1.165, 1.54) is 6.07 Å². The lowest BCUT2D eigenvalue weighted by atomic mass is 10.1. The summed E-state index contributed by atoms with van der Waals surface area (Å²) in [5.41, 5.74) is 5.93. The molecule has 1 fully saturated rings. The Morgan fingerprint density at radius 3 is 2.74 bits per heavy atom. The van der Waals surface area contributed by atoms with Gasteiger partial charge in [-0.2, -0.15) is 0 Å². The number of hydrogen-bond acceptors (Lipinski definition) is 3. The van der Waals surface area contributed by atoms with Crippen molar-refractivity contribution in [3.8, 4) is 0 Å². The van der Waals surface area contributed by atoms with Crippen molar-refractivity contribution in [2.24, 2.45) is 11.7 Å². The molecule has 2 rings (SSSR count). The van der Waals surface area contributed by atoms with E-state index in [1.807, 2.05) is 0 Å². The molecular weight excluding hydrogens is 289 g/mol. The zero-order chi connectivity index (χ0) is 13.1. The molecule has 0 bridgehead atoms. The van der Waals surface area contributed by atoms with E-state index >= 15 is 0 Å². The second kappa shape index (κ2) is 6.75. The number of halogens is 2. The third-order valence-electron chi connectivity index (χ3n) is 2.93. The smallest absolute Gasteiger partial charge is 0.250 e. The molecule has 1 saturated heterocycles. The number of nitrogens with one attached hydrogen (secondary N) is 2. The Labute approximate surface area is 122 Å². The Kier molecular flexibility index (Phi) is 5.60. The molecule has 104 valence electrons. The highest BCUT2D eigenvalue weighted by Crippen LogP contribution is 2.21. The van der Waals surface area contributed by atoms with Crippen LogP contribution in [0.3, 0.4) is 0 Å². The van der Waals surface area contributed by atoms with Gasteiger partial charge in [-0.05, 0) is 31.2 Å². The van der Waals surface area contributed by atoms with Gasteiger partial charge < -0.3 is 16.4 Å². The van der Waals surface area contributed by atoms with Gasteiger partial charge in [0, 0.05) is 12.2 Å². The van der Waals surface area contributed by atoms with Gasteiger partial charge in [-0.25, -0.2) is 0 Å². The van der Waals surface area contributed by atoms with Gasteiger partial charge in [0.25, 0.3) is 0 Å². The van der Waals surface area contributed by atoms with Crippen molar-refractivity contribution >= 4 is 41.5 Å². The van der Waals surface area contributed by atoms with Gasteiger partial charge in [-0.1, -0.05) is 11.6 Å². The molecule has 0 saturated carbocycles. The highest BCUT2D eigenvalue weighted by Gasteiger charge is 2.22. The Hall–Kier alpha value is -1.30. The average molecular weight is 304 g/mol. The number of nitrogens with two attached hydrogens (primary N) is 1. The number of primary amides is 1. The summed E-state index contributed by atoms with van der Waals surface area (Å²) in [5, 5.41) is 6.16. The van der Waals surface area contributed by atoms with Crippen LogP contribution in [0.1, 0.15) is 16.8 Å². The Balaban J connectivity index is 0.00000180. The molecule has 7 heteroatoms. The van der Waals surface area contributed by atoms with E-state index in [1.54, 1.807) is 12.1 Å². The lowest BCUT2D eigenvalue weighted by molar-refractivity contribution is -0.119. The van der Waals surface area contributed by atoms with E-state index in [2.05, 4.69) is 10.6 Å². The standard InChI is InChI=1S/C12H14ClN3O2.ClH/c13-10-2-1-8(5-9(10)11(14)17)16-12(18)7-3-4-15-6-7;/h1-2,5,7,15H,3-4,6H2,(H2,14,17)(H,16,18);1H. The number of hydrogen-bond donors (Lipinski definition) is 3. The molecule has 4 N–H and O–H groups in total. The molecule has 0 aromatic heterocycles. The monoisotopic (exact) mass is 303 g/mol. The fourth-order valence-electron chi connectivity index (χ4n) is 1.91. The van der Waals surface area contributed by atoms with Crippen LogP contribution in [0.2, 0.25) is 5.02 Å². The first kappa shape index (κ1) is 15.8. The first-order chi connectivity index (χ1) is 8.58. The zero-order valence-corrected chi connectivity index (χ0v) is 11.7. The van der Waals surface area contributed by atoms with Crippen molar-refractivity contribution in [3.05, 3.63) is 28.8 Å². The molecule has 1 atom stereocenters. The molecule has 1 aliphatic heterocycles. The summed E-state index contributed by atoms with van der Waals surface area (Å²) < 4.78 is 0. The van der Waals surface area contributed by atoms with Crippen molar-refractivity contribution < 1.29 is 9.59 Å². The van der Waals surface area contributed by atoms with Crippen LogP contribution in [-0.4, -0.2) is 24.9 Å². The number of benzene rings is 1. The van der Waals surface area contributed by atoms with Gasteiger partial charge in [0.2, 0.25) is 11.8 Å². The van der Waals surface area contributed by atoms with Crippen molar-refractivity contribution in [1.29, 1.82) is 0 Å². The van der Waals surface area contributed by atoms with E-state index in [0.29, 0.717) is 12.2 Å². The van der Waals surface area contributed by atoms with E-state index < -0.39 is 5.91 Å². The average Bonchev–Trinajstić information content (AvgIpc) is 2.85. The molecule has 1 aromatic carbocycles. The second-order valence-corrected chi connectivity index (χ2v) is 4.65. The van der Waals surface area contributed by atoms with Gasteiger partial charge in [0.15, 0.2) is 0 Å². The summed E-state index contributed by atoms with van der Waals surface area (Å²) in [4.78, 5) is 23.0. The van der Waals surface area contributed by atoms with Gasteiger partial charge in [0.05, 0.1) is 16.5 Å². The van der Waals surface area contributed by atoms with Crippen LogP contribution >= 0.6 is 24.0 Å². The number of carbonyl (C=O) groups is 2. The Bertz CT molecular complexity index is 488. The third-order valence-corrected chi connectivity index (χ3v) is 3.26. The Morgan fingerprint density at radius 1 is 1.42 bits per heavy atom. The topological polar surface area (TPSA) is 84.2 Å². The summed E-state index contributed by atoms with van der Waals surface area (Å²) in [7, 11) is 0. The molecule has 0 spiro atoms. The van der Waals surface area contributed by atoms with E-state index in [-0.39, 0.29) is 34.8 Å². The van der Waals surface area contributed by atoms with Crippen LogP contribution in [-0.2, 0) is 4.79 Å². The maximum Gasteiger partial charge on any atom is 0.250 e. The summed E-state index contributed by atoms with van der Waals surface area (Å²) in [6, 6.07) is 4.68. The number of anilines is 1. The molecule has 1 heterocycles. The van der Waals surface area contributed by atoms with Crippen LogP contribution in [0.25, 0.3) is 0 Å². The lowest BCUT2D eigenvalue weighted by Crippen LogP contribution is -2.24. The SMILES string of the molecule is Cl.NC(=O)c1cc(NC(=O)C2CCNC2)ccc1Cl. The normalized spacial score (nSPS) is 17.6. The molecule has 0 aliphatic carbocycles. The molecule has 1 unspecified atom stereocenters. The van der Waals surface area contributed by atoms with E-state index in [0.717, 1.165) is 13.0 Å². The summed E-state index contributed by atoms with van der Waals surface area (Å²) in [5.74, 6) is -0.700. The highest BCUT2D eigenvalue weighted by molar-refractivity contribution is 6.34. The molecule has 1 aliphatic rings. The predicted octanol–water partition coefficient (Wildman–Crippen LogP) is 1.41. The van der Waals surface area contributed by atoms with E-state index in [4.69, 9.17) is 17.3 Å². The fraction of sp³-hybridized carbons (Fsp3) is 0.333. The Morgan fingerprint density at radius 2 is 2.16 bits per heavy atom. The van der Waals surface area contributed by atoms with Gasteiger partial charge in [-0.15, -0.1) is 12.4 Å². The van der Waals surface area contributed by atoms with Gasteiger partial charge in [-0.3, -0.25) is 9.59 Å². The van der Waals surface area contributed by atoms with Gasteiger partial charge in [0.1, 0.15) is 0 Å². The third kappa shape index (κ3) is 3.83. The fourth-order valence-corrected chi connectivity index (χ4v) is 2.13. The van der Waals surface area contributed by atoms with Crippen LogP contribution in [0.15, 0.2) is 18.2 Å². The number of amides is 2. The summed E-state index contributed by atoms with van der Waals surface area (Å²) in [6.45, 7) is 1.54. The first-order valence-corrected chi connectivity index (χ1v) is 6.06. The maximum atomic E-state index is 11.9. The van der Waals surface area contributed by atoms with Crippen molar-refractivity contribution in [1.82, 2.24) is 5.32 Å². The molecule has 19 heavy (non-hydrogen) atoms. The molecule has 2 amide bonds. The largest absolute Gasteiger partial charge is 0.366 e. The van der Waals surface area contributed by atoms with Crippen LogP contribution in [0.4, 0.5) is 5.69 Å². The maximum absolute atomic E-state index is 11.9. The number of carbonyl (C=O) groups excluding carboxylic acids is 2. The van der Waals surface area contributed by atoms with Gasteiger partial charge >= 0.3 is 0 Å². The highest BCUT2D eigenvalue weighted by atomic mass is 35.5. The van der Waals surface area contributed by atoms with Crippen molar-refractivity contribution in [2.45, 2.75) is 6.42 Å². The molecule has 0 radical (unpaired) electrons. The summed E-state index contributed by atoms with van der Waals surface area (Å²) >= 11 is 5.83. The second-order valence-electron chi connectivity index (χ2n) is 4.24. The molecule has 5 nitrogen and oxygen atoms in total. The predicted molar refractivity (Wildman–Crippen MR) is 76.8 cm³/mol. The van der Waals surface area contributed by atoms with Crippen LogP contribution in [0, 0.1) is 5.92 Å². The first-order valence-electron chi connectivity index (χ1n) is 5.69. The van der Waals surface area contributed by atoms with Crippen LogP contribution in [0.5, 0.6) is 0 Å².